The third-order valence-electron chi connectivity index (χ3n) is 4.46. The second kappa shape index (κ2) is 7.89. The Kier molecular flexibility index (Phi) is 5.55. The smallest absolute Gasteiger partial charge is 0.226 e. The number of fused-ring (bicyclic) bond motifs is 1. The Morgan fingerprint density at radius 3 is 2.54 bits per heavy atom. The average Bonchev–Trinajstić information content (AvgIpc) is 3.00. The molecule has 9 heteroatoms. The molecule has 7 N–H and O–H groups in total. The number of ether oxygens (including phenoxy) is 1. The zero-order valence-corrected chi connectivity index (χ0v) is 16.7. The lowest BCUT2D eigenvalue weighted by Gasteiger charge is -2.15. The standard InChI is InChI=1S/C19H28N8O/c1-10(2)27-14(8-12-6-5-7-13(28-4)15(12)21)24-16-17(22)25-19(26-18(16)27)23-9-11(3)20/h5-7,10-11H,8-9,20-21H2,1-4H3,(H3,22,23,25,26). The summed E-state index contributed by atoms with van der Waals surface area (Å²) in [6.07, 6.45) is 0.527. The van der Waals surface area contributed by atoms with E-state index in [-0.39, 0.29) is 12.1 Å². The van der Waals surface area contributed by atoms with Gasteiger partial charge in [0.15, 0.2) is 17.0 Å². The maximum Gasteiger partial charge on any atom is 0.226 e. The number of rotatable bonds is 7. The lowest BCUT2D eigenvalue weighted by Crippen LogP contribution is -2.26. The molecule has 2 heterocycles. The van der Waals surface area contributed by atoms with Crippen LogP contribution in [0.4, 0.5) is 17.5 Å². The van der Waals surface area contributed by atoms with E-state index >= 15 is 0 Å². The molecule has 1 unspecified atom stereocenters. The number of nitrogens with zero attached hydrogens (tertiary/aromatic N) is 4. The van der Waals surface area contributed by atoms with Gasteiger partial charge in [-0.2, -0.15) is 9.97 Å². The van der Waals surface area contributed by atoms with E-state index in [2.05, 4.69) is 33.7 Å². The van der Waals surface area contributed by atoms with Crippen LogP contribution in [0.1, 0.15) is 38.2 Å². The fraction of sp³-hybridized carbons (Fsp3) is 0.421. The summed E-state index contributed by atoms with van der Waals surface area (Å²) in [6, 6.07) is 5.82. The van der Waals surface area contributed by atoms with Gasteiger partial charge in [-0.25, -0.2) is 4.98 Å². The molecule has 0 bridgehead atoms. The van der Waals surface area contributed by atoms with E-state index in [1.165, 1.54) is 0 Å². The molecule has 0 saturated heterocycles. The van der Waals surface area contributed by atoms with Gasteiger partial charge in [0.2, 0.25) is 5.95 Å². The maximum atomic E-state index is 6.25. The lowest BCUT2D eigenvalue weighted by molar-refractivity contribution is 0.416. The molecular formula is C19H28N8O. The molecular weight excluding hydrogens is 356 g/mol. The summed E-state index contributed by atoms with van der Waals surface area (Å²) < 4.78 is 7.39. The molecule has 0 spiro atoms. The number of nitrogens with two attached hydrogens (primary N) is 3. The van der Waals surface area contributed by atoms with Gasteiger partial charge in [0, 0.05) is 25.0 Å². The van der Waals surface area contributed by atoms with Crippen LogP contribution in [-0.2, 0) is 6.42 Å². The fourth-order valence-electron chi connectivity index (χ4n) is 3.13. The van der Waals surface area contributed by atoms with Crippen molar-refractivity contribution in [2.24, 2.45) is 5.73 Å². The molecule has 3 rings (SSSR count). The van der Waals surface area contributed by atoms with Crippen molar-refractivity contribution in [1.29, 1.82) is 0 Å². The highest BCUT2D eigenvalue weighted by Gasteiger charge is 2.20. The highest BCUT2D eigenvalue weighted by molar-refractivity contribution is 5.83. The number of imidazole rings is 1. The molecule has 0 fully saturated rings. The van der Waals surface area contributed by atoms with Crippen LogP contribution >= 0.6 is 0 Å². The Balaban J connectivity index is 2.08. The second-order valence-electron chi connectivity index (χ2n) is 7.16. The predicted molar refractivity (Wildman–Crippen MR) is 112 cm³/mol. The summed E-state index contributed by atoms with van der Waals surface area (Å²) in [5, 5.41) is 3.12. The van der Waals surface area contributed by atoms with Crippen molar-refractivity contribution in [2.45, 2.75) is 39.3 Å². The Labute approximate surface area is 164 Å². The van der Waals surface area contributed by atoms with Crippen molar-refractivity contribution >= 4 is 28.6 Å². The fourth-order valence-corrected chi connectivity index (χ4v) is 3.13. The summed E-state index contributed by atoms with van der Waals surface area (Å²) in [6.45, 7) is 6.61. The molecule has 3 aromatic rings. The number of para-hydroxylation sites is 1. The van der Waals surface area contributed by atoms with Crippen molar-refractivity contribution in [1.82, 2.24) is 19.5 Å². The molecule has 28 heavy (non-hydrogen) atoms. The first kappa shape index (κ1) is 19.7. The molecule has 0 aliphatic rings. The van der Waals surface area contributed by atoms with Gasteiger partial charge in [0.05, 0.1) is 12.8 Å². The third kappa shape index (κ3) is 3.79. The number of nitrogen functional groups attached to an aromatic ring is 2. The Hall–Kier alpha value is -3.07. The van der Waals surface area contributed by atoms with Crippen LogP contribution in [-0.4, -0.2) is 39.2 Å². The predicted octanol–water partition coefficient (Wildman–Crippen LogP) is 1.93. The first-order valence-corrected chi connectivity index (χ1v) is 9.27. The maximum absolute atomic E-state index is 6.25. The van der Waals surface area contributed by atoms with E-state index in [1.54, 1.807) is 7.11 Å². The van der Waals surface area contributed by atoms with E-state index in [9.17, 15) is 0 Å². The molecule has 0 amide bonds. The number of benzene rings is 1. The molecule has 0 aliphatic heterocycles. The molecule has 150 valence electrons. The highest BCUT2D eigenvalue weighted by atomic mass is 16.5. The van der Waals surface area contributed by atoms with Crippen molar-refractivity contribution < 1.29 is 4.74 Å². The van der Waals surface area contributed by atoms with E-state index in [1.807, 2.05) is 25.1 Å². The van der Waals surface area contributed by atoms with Gasteiger partial charge in [-0.3, -0.25) is 0 Å². The number of anilines is 3. The van der Waals surface area contributed by atoms with Gasteiger partial charge in [-0.15, -0.1) is 0 Å². The number of nitrogens with one attached hydrogen (secondary N) is 1. The van der Waals surface area contributed by atoms with Crippen LogP contribution < -0.4 is 27.3 Å². The van der Waals surface area contributed by atoms with Gasteiger partial charge in [-0.1, -0.05) is 12.1 Å². The van der Waals surface area contributed by atoms with Gasteiger partial charge in [0.1, 0.15) is 11.6 Å². The van der Waals surface area contributed by atoms with Crippen LogP contribution in [0.15, 0.2) is 18.2 Å². The minimum atomic E-state index is -0.0258. The quantitative estimate of drug-likeness (QED) is 0.452. The van der Waals surface area contributed by atoms with Crippen LogP contribution in [0, 0.1) is 0 Å². The minimum absolute atomic E-state index is 0.0258. The first-order chi connectivity index (χ1) is 13.3. The van der Waals surface area contributed by atoms with Gasteiger partial charge >= 0.3 is 0 Å². The van der Waals surface area contributed by atoms with E-state index in [0.717, 1.165) is 11.4 Å². The van der Waals surface area contributed by atoms with Gasteiger partial charge < -0.3 is 31.8 Å². The number of methoxy groups -OCH3 is 1. The van der Waals surface area contributed by atoms with Crippen LogP contribution in [0.5, 0.6) is 5.75 Å². The monoisotopic (exact) mass is 384 g/mol. The summed E-state index contributed by atoms with van der Waals surface area (Å²) in [7, 11) is 1.60. The Morgan fingerprint density at radius 2 is 1.89 bits per heavy atom. The zero-order valence-electron chi connectivity index (χ0n) is 16.7. The molecule has 1 atom stereocenters. The Morgan fingerprint density at radius 1 is 1.14 bits per heavy atom. The lowest BCUT2D eigenvalue weighted by atomic mass is 10.1. The van der Waals surface area contributed by atoms with Crippen LogP contribution in [0.3, 0.4) is 0 Å². The topological polar surface area (TPSA) is 143 Å². The molecule has 0 saturated carbocycles. The molecule has 1 aromatic carbocycles. The zero-order chi connectivity index (χ0) is 20.4. The Bertz CT molecular complexity index is 980. The number of hydrogen-bond donors (Lipinski definition) is 4. The summed E-state index contributed by atoms with van der Waals surface area (Å²) >= 11 is 0. The minimum Gasteiger partial charge on any atom is -0.495 e. The van der Waals surface area contributed by atoms with Gasteiger partial charge in [0.25, 0.3) is 0 Å². The van der Waals surface area contributed by atoms with E-state index in [4.69, 9.17) is 26.9 Å². The molecule has 9 nitrogen and oxygen atoms in total. The molecule has 0 aliphatic carbocycles. The average molecular weight is 384 g/mol. The SMILES string of the molecule is COc1cccc(Cc2nc3c(N)nc(NCC(C)N)nc3n2C(C)C)c1N. The second-order valence-corrected chi connectivity index (χ2v) is 7.16. The van der Waals surface area contributed by atoms with E-state index in [0.29, 0.717) is 47.3 Å². The van der Waals surface area contributed by atoms with E-state index < -0.39 is 0 Å². The summed E-state index contributed by atoms with van der Waals surface area (Å²) in [5.41, 5.74) is 21.0. The third-order valence-corrected chi connectivity index (χ3v) is 4.46. The van der Waals surface area contributed by atoms with Crippen LogP contribution in [0.2, 0.25) is 0 Å². The molecule has 2 aromatic heterocycles. The number of hydrogen-bond acceptors (Lipinski definition) is 8. The van der Waals surface area contributed by atoms with Crippen molar-refractivity contribution in [3.63, 3.8) is 0 Å². The molecule has 0 radical (unpaired) electrons. The van der Waals surface area contributed by atoms with Crippen molar-refractivity contribution in [3.8, 4) is 5.75 Å². The highest BCUT2D eigenvalue weighted by Crippen LogP contribution is 2.30. The summed E-state index contributed by atoms with van der Waals surface area (Å²) in [4.78, 5) is 13.7. The summed E-state index contributed by atoms with van der Waals surface area (Å²) in [5.74, 6) is 2.23. The number of aromatic nitrogens is 4. The van der Waals surface area contributed by atoms with Crippen LogP contribution in [0.25, 0.3) is 11.2 Å². The van der Waals surface area contributed by atoms with Crippen molar-refractivity contribution in [3.05, 3.63) is 29.6 Å². The van der Waals surface area contributed by atoms with Gasteiger partial charge in [-0.05, 0) is 32.4 Å². The first-order valence-electron chi connectivity index (χ1n) is 9.27. The normalized spacial score (nSPS) is 12.5. The largest absolute Gasteiger partial charge is 0.495 e. The van der Waals surface area contributed by atoms with Crippen molar-refractivity contribution in [2.75, 3.05) is 30.4 Å².